The molecule has 4 nitrogen and oxygen atoms in total. The second kappa shape index (κ2) is 5.68. The molecule has 1 rings (SSSR count). The minimum Gasteiger partial charge on any atom is -0.342 e. The van der Waals surface area contributed by atoms with E-state index in [-0.39, 0.29) is 5.91 Å². The highest BCUT2D eigenvalue weighted by atomic mass is 16.2. The van der Waals surface area contributed by atoms with E-state index in [1.54, 1.807) is 4.90 Å². The van der Waals surface area contributed by atoms with E-state index in [0.717, 1.165) is 29.9 Å². The van der Waals surface area contributed by atoms with E-state index in [9.17, 15) is 4.79 Å². The van der Waals surface area contributed by atoms with Crippen molar-refractivity contribution in [2.75, 3.05) is 13.6 Å². The van der Waals surface area contributed by atoms with Crippen LogP contribution in [0.3, 0.4) is 0 Å². The molecule has 1 aromatic rings. The van der Waals surface area contributed by atoms with Crippen LogP contribution in [-0.2, 0) is 0 Å². The van der Waals surface area contributed by atoms with Gasteiger partial charge in [-0.05, 0) is 20.3 Å². The van der Waals surface area contributed by atoms with Crippen molar-refractivity contribution in [3.05, 3.63) is 17.0 Å². The smallest absolute Gasteiger partial charge is 0.257 e. The van der Waals surface area contributed by atoms with Crippen LogP contribution >= 0.6 is 0 Å². The fourth-order valence-corrected chi connectivity index (χ4v) is 1.76. The number of carbonyl (C=O) groups is 1. The number of rotatable bonds is 5. The maximum absolute atomic E-state index is 12.1. The van der Waals surface area contributed by atoms with Crippen LogP contribution < -0.4 is 0 Å². The van der Waals surface area contributed by atoms with Crippen LogP contribution in [0.2, 0.25) is 0 Å². The molecule has 90 valence electrons. The highest BCUT2D eigenvalue weighted by Crippen LogP contribution is 2.12. The lowest BCUT2D eigenvalue weighted by atomic mass is 10.1. The van der Waals surface area contributed by atoms with Gasteiger partial charge < -0.3 is 4.90 Å². The minimum absolute atomic E-state index is 0.0693. The summed E-state index contributed by atoms with van der Waals surface area (Å²) in [6.07, 6.45) is 3.40. The van der Waals surface area contributed by atoms with E-state index < -0.39 is 0 Å². The van der Waals surface area contributed by atoms with Crippen molar-refractivity contribution in [3.8, 4) is 0 Å². The molecule has 0 saturated carbocycles. The monoisotopic (exact) mass is 223 g/mol. The zero-order valence-corrected chi connectivity index (χ0v) is 10.6. The van der Waals surface area contributed by atoms with Crippen molar-refractivity contribution in [1.82, 2.24) is 15.1 Å². The number of hydrogen-bond acceptors (Lipinski definition) is 2. The summed E-state index contributed by atoms with van der Waals surface area (Å²) in [5.74, 6) is 0.0693. The van der Waals surface area contributed by atoms with Gasteiger partial charge in [0.1, 0.15) is 0 Å². The Bertz CT molecular complexity index is 338. The van der Waals surface area contributed by atoms with Gasteiger partial charge in [0.15, 0.2) is 0 Å². The molecular formula is C12H21N3O. The Labute approximate surface area is 97.0 Å². The van der Waals surface area contributed by atoms with Crippen molar-refractivity contribution in [2.24, 2.45) is 0 Å². The number of H-pyrrole nitrogens is 1. The Kier molecular flexibility index (Phi) is 4.52. The van der Waals surface area contributed by atoms with Crippen LogP contribution in [0.15, 0.2) is 0 Å². The molecule has 0 aromatic carbocycles. The van der Waals surface area contributed by atoms with Crippen LogP contribution in [0.1, 0.15) is 47.9 Å². The van der Waals surface area contributed by atoms with Crippen molar-refractivity contribution < 1.29 is 4.79 Å². The van der Waals surface area contributed by atoms with Gasteiger partial charge in [-0.1, -0.05) is 19.8 Å². The van der Waals surface area contributed by atoms with E-state index in [2.05, 4.69) is 17.1 Å². The number of aryl methyl sites for hydroxylation is 2. The number of aromatic amines is 1. The van der Waals surface area contributed by atoms with Crippen LogP contribution in [0.5, 0.6) is 0 Å². The molecule has 0 unspecified atom stereocenters. The first-order valence-corrected chi connectivity index (χ1v) is 5.85. The highest BCUT2D eigenvalue weighted by molar-refractivity contribution is 5.96. The SMILES string of the molecule is CCCCCN(C)C(=O)c1c(C)n[nH]c1C. The zero-order valence-electron chi connectivity index (χ0n) is 10.6. The van der Waals surface area contributed by atoms with Crippen LogP contribution in [0, 0.1) is 13.8 Å². The average molecular weight is 223 g/mol. The van der Waals surface area contributed by atoms with Gasteiger partial charge in [0.2, 0.25) is 0 Å². The second-order valence-electron chi connectivity index (χ2n) is 4.24. The third kappa shape index (κ3) is 2.84. The molecule has 1 aromatic heterocycles. The van der Waals surface area contributed by atoms with Crippen molar-refractivity contribution in [1.29, 1.82) is 0 Å². The van der Waals surface area contributed by atoms with E-state index in [1.807, 2.05) is 20.9 Å². The molecule has 0 radical (unpaired) electrons. The number of hydrogen-bond donors (Lipinski definition) is 1. The van der Waals surface area contributed by atoms with E-state index in [4.69, 9.17) is 0 Å². The van der Waals surface area contributed by atoms with Gasteiger partial charge in [0, 0.05) is 19.3 Å². The fourth-order valence-electron chi connectivity index (χ4n) is 1.76. The molecule has 0 aliphatic heterocycles. The molecule has 16 heavy (non-hydrogen) atoms. The molecule has 1 heterocycles. The van der Waals surface area contributed by atoms with Gasteiger partial charge in [-0.25, -0.2) is 0 Å². The molecule has 0 saturated heterocycles. The van der Waals surface area contributed by atoms with Gasteiger partial charge in [-0.2, -0.15) is 5.10 Å². The van der Waals surface area contributed by atoms with Crippen LogP contribution in [0.4, 0.5) is 0 Å². The van der Waals surface area contributed by atoms with E-state index in [0.29, 0.717) is 0 Å². The standard InChI is InChI=1S/C12H21N3O/c1-5-6-7-8-15(4)12(16)11-9(2)13-14-10(11)3/h5-8H2,1-4H3,(H,13,14). The molecular weight excluding hydrogens is 202 g/mol. The molecule has 0 aliphatic carbocycles. The van der Waals surface area contributed by atoms with Crippen LogP contribution in [0.25, 0.3) is 0 Å². The lowest BCUT2D eigenvalue weighted by Gasteiger charge is -2.16. The number of unbranched alkanes of at least 4 members (excludes halogenated alkanes) is 2. The number of aromatic nitrogens is 2. The number of nitrogens with one attached hydrogen (secondary N) is 1. The Hall–Kier alpha value is -1.32. The van der Waals surface area contributed by atoms with Crippen molar-refractivity contribution >= 4 is 5.91 Å². The highest BCUT2D eigenvalue weighted by Gasteiger charge is 2.18. The van der Waals surface area contributed by atoms with Gasteiger partial charge in [-0.3, -0.25) is 9.89 Å². The first-order valence-electron chi connectivity index (χ1n) is 5.85. The Balaban J connectivity index is 2.63. The summed E-state index contributed by atoms with van der Waals surface area (Å²) in [4.78, 5) is 13.9. The third-order valence-electron chi connectivity index (χ3n) is 2.79. The quantitative estimate of drug-likeness (QED) is 0.779. The Morgan fingerprint density at radius 3 is 2.56 bits per heavy atom. The van der Waals surface area contributed by atoms with Gasteiger partial charge in [0.25, 0.3) is 5.91 Å². The molecule has 4 heteroatoms. The summed E-state index contributed by atoms with van der Waals surface area (Å²) in [7, 11) is 1.85. The van der Waals surface area contributed by atoms with E-state index in [1.165, 1.54) is 12.8 Å². The summed E-state index contributed by atoms with van der Waals surface area (Å²) in [6, 6.07) is 0. The predicted octanol–water partition coefficient (Wildman–Crippen LogP) is 2.29. The number of nitrogens with zero attached hydrogens (tertiary/aromatic N) is 2. The molecule has 1 amide bonds. The van der Waals surface area contributed by atoms with E-state index >= 15 is 0 Å². The maximum Gasteiger partial charge on any atom is 0.257 e. The predicted molar refractivity (Wildman–Crippen MR) is 64.5 cm³/mol. The molecule has 0 aliphatic rings. The molecule has 0 spiro atoms. The number of amides is 1. The summed E-state index contributed by atoms with van der Waals surface area (Å²) in [6.45, 7) is 6.71. The summed E-state index contributed by atoms with van der Waals surface area (Å²) >= 11 is 0. The second-order valence-corrected chi connectivity index (χ2v) is 4.24. The van der Waals surface area contributed by atoms with Crippen molar-refractivity contribution in [3.63, 3.8) is 0 Å². The van der Waals surface area contributed by atoms with Gasteiger partial charge in [0.05, 0.1) is 11.3 Å². The summed E-state index contributed by atoms with van der Waals surface area (Å²) in [5, 5.41) is 6.89. The maximum atomic E-state index is 12.1. The molecule has 0 bridgehead atoms. The third-order valence-corrected chi connectivity index (χ3v) is 2.79. The Morgan fingerprint density at radius 1 is 1.38 bits per heavy atom. The van der Waals surface area contributed by atoms with Crippen LogP contribution in [-0.4, -0.2) is 34.6 Å². The lowest BCUT2D eigenvalue weighted by molar-refractivity contribution is 0.0791. The molecule has 1 N–H and O–H groups in total. The van der Waals surface area contributed by atoms with Crippen molar-refractivity contribution in [2.45, 2.75) is 40.0 Å². The average Bonchev–Trinajstić information content (AvgIpc) is 2.58. The molecule has 0 fully saturated rings. The fraction of sp³-hybridized carbons (Fsp3) is 0.667. The topological polar surface area (TPSA) is 49.0 Å². The van der Waals surface area contributed by atoms with Gasteiger partial charge in [-0.15, -0.1) is 0 Å². The molecule has 0 atom stereocenters. The largest absolute Gasteiger partial charge is 0.342 e. The van der Waals surface area contributed by atoms with Gasteiger partial charge >= 0.3 is 0 Å². The first kappa shape index (κ1) is 12.7. The normalized spacial score (nSPS) is 10.5. The number of carbonyl (C=O) groups excluding carboxylic acids is 1. The summed E-state index contributed by atoms with van der Waals surface area (Å²) in [5.41, 5.74) is 2.36. The first-order chi connectivity index (χ1) is 7.57. The Morgan fingerprint density at radius 2 is 2.06 bits per heavy atom. The minimum atomic E-state index is 0.0693. The summed E-state index contributed by atoms with van der Waals surface area (Å²) < 4.78 is 0. The zero-order chi connectivity index (χ0) is 12.1. The lowest BCUT2D eigenvalue weighted by Crippen LogP contribution is -2.28.